The fourth-order valence-electron chi connectivity index (χ4n) is 3.34. The molecular formula is C21H22N4O2S. The molecule has 1 fully saturated rings. The van der Waals surface area contributed by atoms with Crippen LogP contribution in [0.5, 0.6) is 0 Å². The Labute approximate surface area is 168 Å². The monoisotopic (exact) mass is 394 g/mol. The summed E-state index contributed by atoms with van der Waals surface area (Å²) in [5, 5.41) is 4.16. The van der Waals surface area contributed by atoms with Gasteiger partial charge in [-0.2, -0.15) is 4.98 Å². The fraction of sp³-hybridized carbons (Fsp3) is 0.286. The molecule has 2 heterocycles. The van der Waals surface area contributed by atoms with Gasteiger partial charge in [-0.3, -0.25) is 4.79 Å². The van der Waals surface area contributed by atoms with Gasteiger partial charge >= 0.3 is 0 Å². The first-order valence-electron chi connectivity index (χ1n) is 9.11. The predicted molar refractivity (Wildman–Crippen MR) is 112 cm³/mol. The second-order valence-corrected chi connectivity index (χ2v) is 7.89. The Kier molecular flexibility index (Phi) is 5.09. The molecule has 7 heteroatoms. The lowest BCUT2D eigenvalue weighted by Gasteiger charge is -2.16. The Bertz CT molecular complexity index is 1000. The van der Waals surface area contributed by atoms with E-state index in [9.17, 15) is 4.79 Å². The van der Waals surface area contributed by atoms with E-state index in [1.165, 1.54) is 0 Å². The van der Waals surface area contributed by atoms with Gasteiger partial charge in [0.2, 0.25) is 5.91 Å². The Hall–Kier alpha value is -2.80. The van der Waals surface area contributed by atoms with E-state index in [4.69, 9.17) is 4.52 Å². The third-order valence-corrected chi connectivity index (χ3v) is 5.63. The molecule has 1 aromatic heterocycles. The van der Waals surface area contributed by atoms with Crippen LogP contribution in [-0.4, -0.2) is 42.9 Å². The third-order valence-electron chi connectivity index (χ3n) is 4.91. The van der Waals surface area contributed by atoms with Crippen molar-refractivity contribution in [3.8, 4) is 11.5 Å². The van der Waals surface area contributed by atoms with Gasteiger partial charge in [0.15, 0.2) is 5.82 Å². The fourth-order valence-corrected chi connectivity index (χ4v) is 3.80. The minimum atomic E-state index is -0.0695. The molecule has 28 heavy (non-hydrogen) atoms. The molecule has 1 amide bonds. The van der Waals surface area contributed by atoms with Gasteiger partial charge < -0.3 is 14.3 Å². The van der Waals surface area contributed by atoms with Crippen molar-refractivity contribution >= 4 is 29.0 Å². The van der Waals surface area contributed by atoms with Gasteiger partial charge in [-0.05, 0) is 42.7 Å². The lowest BCUT2D eigenvalue weighted by molar-refractivity contribution is -0.117. The van der Waals surface area contributed by atoms with Gasteiger partial charge in [-0.15, -0.1) is 11.8 Å². The maximum Gasteiger partial charge on any atom is 0.258 e. The van der Waals surface area contributed by atoms with Crippen molar-refractivity contribution in [3.05, 3.63) is 54.4 Å². The number of benzene rings is 2. The molecule has 4 rings (SSSR count). The normalized spacial score (nSPS) is 16.6. The molecule has 0 spiro atoms. The van der Waals surface area contributed by atoms with Gasteiger partial charge in [0, 0.05) is 54.8 Å². The van der Waals surface area contributed by atoms with Crippen molar-refractivity contribution in [3.63, 3.8) is 0 Å². The van der Waals surface area contributed by atoms with Crippen LogP contribution in [0.25, 0.3) is 11.5 Å². The van der Waals surface area contributed by atoms with Crippen molar-refractivity contribution in [1.82, 2.24) is 10.1 Å². The number of nitrogens with zero attached hydrogens (tertiary/aromatic N) is 4. The number of carbonyl (C=O) groups excluding carboxylic acids is 1. The molecule has 6 nitrogen and oxygen atoms in total. The van der Waals surface area contributed by atoms with E-state index in [-0.39, 0.29) is 11.8 Å². The summed E-state index contributed by atoms with van der Waals surface area (Å²) in [4.78, 5) is 22.1. The summed E-state index contributed by atoms with van der Waals surface area (Å²) in [6, 6.07) is 16.0. The van der Waals surface area contributed by atoms with Gasteiger partial charge in [-0.1, -0.05) is 17.3 Å². The van der Waals surface area contributed by atoms with Crippen molar-refractivity contribution in [2.75, 3.05) is 36.7 Å². The number of amides is 1. The zero-order valence-corrected chi connectivity index (χ0v) is 16.9. The minimum Gasteiger partial charge on any atom is -0.378 e. The number of anilines is 2. The van der Waals surface area contributed by atoms with Crippen LogP contribution in [0.2, 0.25) is 0 Å². The van der Waals surface area contributed by atoms with Crippen LogP contribution in [0.3, 0.4) is 0 Å². The highest BCUT2D eigenvalue weighted by Gasteiger charge is 2.34. The Morgan fingerprint density at radius 3 is 2.79 bits per heavy atom. The van der Waals surface area contributed by atoms with Gasteiger partial charge in [0.05, 0.1) is 0 Å². The van der Waals surface area contributed by atoms with Crippen LogP contribution in [0, 0.1) is 0 Å². The summed E-state index contributed by atoms with van der Waals surface area (Å²) in [6.07, 6.45) is 2.42. The summed E-state index contributed by atoms with van der Waals surface area (Å²) in [6.45, 7) is 0.563. The molecule has 0 aliphatic carbocycles. The molecule has 0 N–H and O–H groups in total. The molecule has 1 atom stereocenters. The number of thioether (sulfide) groups is 1. The van der Waals surface area contributed by atoms with Crippen molar-refractivity contribution < 1.29 is 9.32 Å². The van der Waals surface area contributed by atoms with Crippen LogP contribution in [0.4, 0.5) is 11.4 Å². The van der Waals surface area contributed by atoms with Crippen LogP contribution in [0.15, 0.2) is 57.9 Å². The summed E-state index contributed by atoms with van der Waals surface area (Å²) in [7, 11) is 3.98. The first-order valence-corrected chi connectivity index (χ1v) is 10.3. The third kappa shape index (κ3) is 3.62. The average molecular weight is 395 g/mol. The minimum absolute atomic E-state index is 0.0695. The summed E-state index contributed by atoms with van der Waals surface area (Å²) in [5.41, 5.74) is 2.86. The van der Waals surface area contributed by atoms with Crippen LogP contribution in [0.1, 0.15) is 18.2 Å². The highest BCUT2D eigenvalue weighted by Crippen LogP contribution is 2.33. The molecule has 1 unspecified atom stereocenters. The molecule has 0 radical (unpaired) electrons. The number of carbonyl (C=O) groups is 1. The Morgan fingerprint density at radius 1 is 1.18 bits per heavy atom. The first-order chi connectivity index (χ1) is 13.5. The van der Waals surface area contributed by atoms with Crippen LogP contribution >= 0.6 is 11.8 Å². The molecule has 1 aliphatic rings. The largest absolute Gasteiger partial charge is 0.378 e. The van der Waals surface area contributed by atoms with E-state index in [0.29, 0.717) is 24.7 Å². The van der Waals surface area contributed by atoms with Gasteiger partial charge in [-0.25, -0.2) is 0 Å². The van der Waals surface area contributed by atoms with Gasteiger partial charge in [0.25, 0.3) is 5.89 Å². The maximum absolute atomic E-state index is 12.6. The van der Waals surface area contributed by atoms with E-state index in [2.05, 4.69) is 10.1 Å². The van der Waals surface area contributed by atoms with E-state index in [0.717, 1.165) is 21.8 Å². The SMILES string of the molecule is CSc1cccc(N2CC(c3noc(-c4cccc(N(C)C)c4)n3)CC2=O)c1. The van der Waals surface area contributed by atoms with Crippen molar-refractivity contribution in [2.45, 2.75) is 17.2 Å². The van der Waals surface area contributed by atoms with Crippen LogP contribution in [-0.2, 0) is 4.79 Å². The second kappa shape index (κ2) is 7.67. The zero-order chi connectivity index (χ0) is 19.7. The molecule has 2 aromatic carbocycles. The summed E-state index contributed by atoms with van der Waals surface area (Å²) in [5.74, 6) is 1.08. The number of aromatic nitrogens is 2. The van der Waals surface area contributed by atoms with Crippen LogP contribution < -0.4 is 9.80 Å². The standard InChI is InChI=1S/C21H22N4O2S/c1-24(2)16-7-4-6-14(10-16)21-22-20(23-27-21)15-11-19(26)25(13-15)17-8-5-9-18(12-17)28-3/h4-10,12,15H,11,13H2,1-3H3. The first kappa shape index (κ1) is 18.6. The van der Waals surface area contributed by atoms with E-state index >= 15 is 0 Å². The quantitative estimate of drug-likeness (QED) is 0.609. The second-order valence-electron chi connectivity index (χ2n) is 7.01. The molecule has 1 aliphatic heterocycles. The highest BCUT2D eigenvalue weighted by atomic mass is 32.2. The average Bonchev–Trinajstić information content (AvgIpc) is 3.35. The number of hydrogen-bond donors (Lipinski definition) is 0. The van der Waals surface area contributed by atoms with E-state index in [1.807, 2.05) is 78.7 Å². The lowest BCUT2D eigenvalue weighted by Crippen LogP contribution is -2.24. The van der Waals surface area contributed by atoms with E-state index in [1.54, 1.807) is 11.8 Å². The summed E-state index contributed by atoms with van der Waals surface area (Å²) < 4.78 is 5.50. The maximum atomic E-state index is 12.6. The van der Waals surface area contributed by atoms with E-state index < -0.39 is 0 Å². The lowest BCUT2D eigenvalue weighted by atomic mass is 10.1. The zero-order valence-electron chi connectivity index (χ0n) is 16.1. The van der Waals surface area contributed by atoms with Crippen molar-refractivity contribution in [2.24, 2.45) is 0 Å². The molecule has 1 saturated heterocycles. The number of hydrogen-bond acceptors (Lipinski definition) is 6. The van der Waals surface area contributed by atoms with Gasteiger partial charge in [0.1, 0.15) is 0 Å². The smallest absolute Gasteiger partial charge is 0.258 e. The Morgan fingerprint density at radius 2 is 2.00 bits per heavy atom. The molecule has 144 valence electrons. The Balaban J connectivity index is 1.55. The molecule has 0 saturated carbocycles. The van der Waals surface area contributed by atoms with Crippen molar-refractivity contribution in [1.29, 1.82) is 0 Å². The predicted octanol–water partition coefficient (Wildman–Crippen LogP) is 4.05. The molecule has 0 bridgehead atoms. The summed E-state index contributed by atoms with van der Waals surface area (Å²) >= 11 is 1.66. The number of rotatable bonds is 5. The topological polar surface area (TPSA) is 62.5 Å². The molecular weight excluding hydrogens is 372 g/mol. The highest BCUT2D eigenvalue weighted by molar-refractivity contribution is 7.98. The molecule has 3 aromatic rings.